The quantitative estimate of drug-likeness (QED) is 0.374. The van der Waals surface area contributed by atoms with Gasteiger partial charge in [-0.25, -0.2) is 0 Å². The van der Waals surface area contributed by atoms with Gasteiger partial charge in [-0.3, -0.25) is 14.9 Å². The molecule has 4 rings (SSSR count). The number of hydrogen-bond acceptors (Lipinski definition) is 7. The summed E-state index contributed by atoms with van der Waals surface area (Å²) in [5.41, 5.74) is 2.69. The van der Waals surface area contributed by atoms with Crippen LogP contribution in [0.2, 0.25) is 5.02 Å². The van der Waals surface area contributed by atoms with E-state index in [0.717, 1.165) is 22.7 Å². The topological polar surface area (TPSA) is 97.2 Å². The second-order valence-electron chi connectivity index (χ2n) is 8.19. The zero-order chi connectivity index (χ0) is 23.5. The normalized spacial score (nSPS) is 19.5. The van der Waals surface area contributed by atoms with Gasteiger partial charge in [0, 0.05) is 56.1 Å². The van der Waals surface area contributed by atoms with E-state index in [4.69, 9.17) is 21.1 Å². The summed E-state index contributed by atoms with van der Waals surface area (Å²) in [7, 11) is 3.21. The number of rotatable bonds is 7. The molecule has 2 aliphatic heterocycles. The third-order valence-corrected chi connectivity index (χ3v) is 6.57. The average Bonchev–Trinajstić information content (AvgIpc) is 2.82. The molecule has 2 heterocycles. The number of methoxy groups -OCH3 is 2. The largest absolute Gasteiger partial charge is 0.495 e. The number of nitrogens with zero attached hydrogens (tertiary/aromatic N) is 3. The minimum absolute atomic E-state index is 0.0352. The average molecular weight is 475 g/mol. The second-order valence-corrected chi connectivity index (χ2v) is 8.62. The predicted octanol–water partition coefficient (Wildman–Crippen LogP) is 2.89. The summed E-state index contributed by atoms with van der Waals surface area (Å²) < 4.78 is 10.6. The number of carbonyl (C=O) groups is 1. The first kappa shape index (κ1) is 23.1. The van der Waals surface area contributed by atoms with Crippen molar-refractivity contribution in [1.82, 2.24) is 5.32 Å². The molecule has 0 saturated carbocycles. The van der Waals surface area contributed by atoms with Crippen molar-refractivity contribution in [2.24, 2.45) is 5.92 Å². The van der Waals surface area contributed by atoms with Crippen molar-refractivity contribution in [2.75, 3.05) is 56.8 Å². The molecule has 0 aliphatic carbocycles. The monoisotopic (exact) mass is 474 g/mol. The van der Waals surface area contributed by atoms with Crippen LogP contribution in [0.3, 0.4) is 0 Å². The van der Waals surface area contributed by atoms with E-state index < -0.39 is 4.92 Å². The Morgan fingerprint density at radius 3 is 2.76 bits per heavy atom. The molecule has 10 heteroatoms. The van der Waals surface area contributed by atoms with E-state index in [9.17, 15) is 14.9 Å². The first-order valence-corrected chi connectivity index (χ1v) is 11.2. The number of nitrogens with one attached hydrogen (secondary N) is 1. The van der Waals surface area contributed by atoms with Gasteiger partial charge in [-0.2, -0.15) is 0 Å². The Hall–Kier alpha value is -3.04. The lowest BCUT2D eigenvalue weighted by atomic mass is 9.83. The van der Waals surface area contributed by atoms with Gasteiger partial charge in [0.25, 0.3) is 5.69 Å². The first-order valence-electron chi connectivity index (χ1n) is 10.8. The van der Waals surface area contributed by atoms with Gasteiger partial charge in [0.05, 0.1) is 36.3 Å². The fourth-order valence-electron chi connectivity index (χ4n) is 4.76. The molecule has 0 bridgehead atoms. The lowest BCUT2D eigenvalue weighted by Gasteiger charge is -2.49. The van der Waals surface area contributed by atoms with Crippen LogP contribution in [0, 0.1) is 16.0 Å². The van der Waals surface area contributed by atoms with Crippen LogP contribution in [-0.4, -0.2) is 63.9 Å². The molecule has 1 amide bonds. The van der Waals surface area contributed by atoms with Crippen molar-refractivity contribution < 1.29 is 19.2 Å². The van der Waals surface area contributed by atoms with Gasteiger partial charge < -0.3 is 24.6 Å². The maximum absolute atomic E-state index is 13.2. The van der Waals surface area contributed by atoms with Crippen LogP contribution >= 0.6 is 11.6 Å². The Morgan fingerprint density at radius 1 is 1.21 bits per heavy atom. The van der Waals surface area contributed by atoms with E-state index in [1.807, 2.05) is 12.1 Å². The maximum atomic E-state index is 13.2. The molecule has 33 heavy (non-hydrogen) atoms. The summed E-state index contributed by atoms with van der Waals surface area (Å²) in [5.74, 6) is 0.268. The number of benzene rings is 2. The maximum Gasteiger partial charge on any atom is 0.269 e. The molecule has 0 radical (unpaired) electrons. The molecular weight excluding hydrogens is 448 g/mol. The van der Waals surface area contributed by atoms with Crippen LogP contribution in [0.5, 0.6) is 5.75 Å². The van der Waals surface area contributed by atoms with Gasteiger partial charge in [0.2, 0.25) is 5.91 Å². The minimum Gasteiger partial charge on any atom is -0.495 e. The number of non-ortho nitro benzene ring substituents is 1. The SMILES string of the molecule is COCCNC(=O)[C@H]1Cc2cc([N+](=O)[O-])ccc2N2CCN(c3cc(Cl)ccc3OC)C[C@@H]12. The van der Waals surface area contributed by atoms with Crippen molar-refractivity contribution in [1.29, 1.82) is 0 Å². The van der Waals surface area contributed by atoms with Crippen molar-refractivity contribution in [2.45, 2.75) is 12.5 Å². The number of amides is 1. The number of nitro groups is 1. The summed E-state index contributed by atoms with van der Waals surface area (Å²) in [4.78, 5) is 28.5. The van der Waals surface area contributed by atoms with E-state index in [2.05, 4.69) is 15.1 Å². The van der Waals surface area contributed by atoms with Crippen molar-refractivity contribution in [3.05, 3.63) is 57.1 Å². The predicted molar refractivity (Wildman–Crippen MR) is 127 cm³/mol. The Bertz CT molecular complexity index is 1050. The smallest absolute Gasteiger partial charge is 0.269 e. The molecule has 0 unspecified atom stereocenters. The molecule has 1 saturated heterocycles. The molecule has 1 fully saturated rings. The fraction of sp³-hybridized carbons (Fsp3) is 0.435. The van der Waals surface area contributed by atoms with Gasteiger partial charge in [0.15, 0.2) is 0 Å². The van der Waals surface area contributed by atoms with Crippen molar-refractivity contribution in [3.63, 3.8) is 0 Å². The molecule has 2 aliphatic rings. The van der Waals surface area contributed by atoms with Crippen LogP contribution in [0.4, 0.5) is 17.1 Å². The highest BCUT2D eigenvalue weighted by atomic mass is 35.5. The molecule has 9 nitrogen and oxygen atoms in total. The van der Waals surface area contributed by atoms with Crippen molar-refractivity contribution in [3.8, 4) is 5.75 Å². The first-order chi connectivity index (χ1) is 15.9. The number of halogens is 1. The van der Waals surface area contributed by atoms with Gasteiger partial charge >= 0.3 is 0 Å². The molecule has 0 spiro atoms. The van der Waals surface area contributed by atoms with Gasteiger partial charge in [-0.1, -0.05) is 11.6 Å². The lowest BCUT2D eigenvalue weighted by molar-refractivity contribution is -0.384. The van der Waals surface area contributed by atoms with E-state index in [1.165, 1.54) is 6.07 Å². The van der Waals surface area contributed by atoms with E-state index in [-0.39, 0.29) is 23.6 Å². The van der Waals surface area contributed by atoms with Gasteiger partial charge in [-0.15, -0.1) is 0 Å². The van der Waals surface area contributed by atoms with Crippen LogP contribution in [0.25, 0.3) is 0 Å². The molecule has 2 aromatic rings. The molecule has 2 atom stereocenters. The number of hydrogen-bond donors (Lipinski definition) is 1. The van der Waals surface area contributed by atoms with Gasteiger partial charge in [-0.05, 0) is 36.2 Å². The second kappa shape index (κ2) is 9.84. The summed E-state index contributed by atoms with van der Waals surface area (Å²) in [5, 5.41) is 14.9. The van der Waals surface area contributed by atoms with Crippen molar-refractivity contribution >= 4 is 34.6 Å². The third-order valence-electron chi connectivity index (χ3n) is 6.33. The molecule has 2 aromatic carbocycles. The Balaban J connectivity index is 1.67. The lowest BCUT2D eigenvalue weighted by Crippen LogP contribution is -2.61. The number of nitro benzene ring substituents is 1. The highest BCUT2D eigenvalue weighted by Crippen LogP contribution is 2.40. The zero-order valence-corrected chi connectivity index (χ0v) is 19.4. The fourth-order valence-corrected chi connectivity index (χ4v) is 4.93. The molecule has 1 N–H and O–H groups in total. The summed E-state index contributed by atoms with van der Waals surface area (Å²) >= 11 is 6.26. The summed E-state index contributed by atoms with van der Waals surface area (Å²) in [6, 6.07) is 10.3. The van der Waals surface area contributed by atoms with E-state index in [0.29, 0.717) is 44.2 Å². The number of anilines is 2. The van der Waals surface area contributed by atoms with Crippen LogP contribution in [0.1, 0.15) is 5.56 Å². The zero-order valence-electron chi connectivity index (χ0n) is 18.6. The van der Waals surface area contributed by atoms with Crippen LogP contribution in [-0.2, 0) is 16.0 Å². The van der Waals surface area contributed by atoms with Crippen LogP contribution in [0.15, 0.2) is 36.4 Å². The summed E-state index contributed by atoms with van der Waals surface area (Å²) in [6.45, 7) is 2.77. The Kier molecular flexibility index (Phi) is 6.90. The molecule has 176 valence electrons. The van der Waals surface area contributed by atoms with E-state index in [1.54, 1.807) is 32.4 Å². The third kappa shape index (κ3) is 4.69. The highest BCUT2D eigenvalue weighted by molar-refractivity contribution is 6.31. The van der Waals surface area contributed by atoms with E-state index >= 15 is 0 Å². The Morgan fingerprint density at radius 2 is 2.03 bits per heavy atom. The van der Waals surface area contributed by atoms with Gasteiger partial charge in [0.1, 0.15) is 5.75 Å². The summed E-state index contributed by atoms with van der Waals surface area (Å²) in [6.07, 6.45) is 0.428. The molecule has 0 aromatic heterocycles. The van der Waals surface area contributed by atoms with Crippen LogP contribution < -0.4 is 19.9 Å². The highest BCUT2D eigenvalue weighted by Gasteiger charge is 2.42. The number of carbonyl (C=O) groups excluding carboxylic acids is 1. The Labute approximate surface area is 197 Å². The number of piperazine rings is 1. The number of ether oxygens (including phenoxy) is 2. The molecular formula is C23H27ClN4O5. The minimum atomic E-state index is -0.399. The standard InChI is InChI=1S/C23H27ClN4O5/c1-32-10-7-25-23(29)18-12-15-11-17(28(30)31)4-5-19(15)27-9-8-26(14-21(18)27)20-13-16(24)3-6-22(20)33-2/h3-6,11,13,18,21H,7-10,12,14H2,1-2H3,(H,25,29)/t18-,21-/m0/s1. The number of fused-ring (bicyclic) bond motifs is 3.